The van der Waals surface area contributed by atoms with Gasteiger partial charge in [0.15, 0.2) is 0 Å². The summed E-state index contributed by atoms with van der Waals surface area (Å²) in [6.45, 7) is 2.82. The molecule has 1 aromatic carbocycles. The van der Waals surface area contributed by atoms with Gasteiger partial charge in [-0.1, -0.05) is 24.3 Å². The molecule has 0 aliphatic rings. The molecular weight excluding hydrogens is 286 g/mol. The van der Waals surface area contributed by atoms with E-state index < -0.39 is 0 Å². The normalized spacial score (nSPS) is 11.0. The number of fused-ring (bicyclic) bond motifs is 1. The molecule has 4 rings (SSSR count). The quantitative estimate of drug-likeness (QED) is 0.580. The SMILES string of the molecule is CCn1nc(-c2nccc3ccccc23)cc1-c1cccnn1. The number of aromatic nitrogens is 5. The molecule has 0 aliphatic heterocycles. The molecule has 23 heavy (non-hydrogen) atoms. The Morgan fingerprint density at radius 1 is 0.957 bits per heavy atom. The Labute approximate surface area is 133 Å². The van der Waals surface area contributed by atoms with Crippen molar-refractivity contribution >= 4 is 10.8 Å². The summed E-state index contributed by atoms with van der Waals surface area (Å²) < 4.78 is 1.93. The molecule has 0 saturated carbocycles. The van der Waals surface area contributed by atoms with E-state index in [0.717, 1.165) is 40.1 Å². The number of hydrogen-bond acceptors (Lipinski definition) is 4. The third-order valence-corrected chi connectivity index (χ3v) is 3.83. The highest BCUT2D eigenvalue weighted by molar-refractivity contribution is 5.93. The molecular formula is C18H15N5. The van der Waals surface area contributed by atoms with E-state index in [9.17, 15) is 0 Å². The second kappa shape index (κ2) is 5.61. The van der Waals surface area contributed by atoms with Crippen molar-refractivity contribution in [3.63, 3.8) is 0 Å². The summed E-state index contributed by atoms with van der Waals surface area (Å²) in [5, 5.41) is 15.1. The lowest BCUT2D eigenvalue weighted by molar-refractivity contribution is 0.666. The molecule has 0 bridgehead atoms. The molecule has 3 heterocycles. The maximum atomic E-state index is 4.71. The Balaban J connectivity index is 1.91. The van der Waals surface area contributed by atoms with E-state index in [1.165, 1.54) is 0 Å². The summed E-state index contributed by atoms with van der Waals surface area (Å²) in [4.78, 5) is 4.55. The van der Waals surface area contributed by atoms with Crippen LogP contribution in [0.4, 0.5) is 0 Å². The summed E-state index contributed by atoms with van der Waals surface area (Å²) in [7, 11) is 0. The minimum absolute atomic E-state index is 0.761. The lowest BCUT2D eigenvalue weighted by atomic mass is 10.1. The average molecular weight is 301 g/mol. The Morgan fingerprint density at radius 3 is 2.70 bits per heavy atom. The Bertz CT molecular complexity index is 954. The number of benzene rings is 1. The minimum atomic E-state index is 0.761. The van der Waals surface area contributed by atoms with Gasteiger partial charge in [-0.3, -0.25) is 9.67 Å². The first kappa shape index (κ1) is 13.6. The largest absolute Gasteiger partial charge is 0.263 e. The molecule has 0 amide bonds. The lowest BCUT2D eigenvalue weighted by Gasteiger charge is -2.02. The fraction of sp³-hybridized carbons (Fsp3) is 0.111. The molecule has 0 spiro atoms. The number of pyridine rings is 1. The highest BCUT2D eigenvalue weighted by atomic mass is 15.3. The van der Waals surface area contributed by atoms with E-state index in [1.807, 2.05) is 47.3 Å². The van der Waals surface area contributed by atoms with Crippen LogP contribution in [0.1, 0.15) is 6.92 Å². The van der Waals surface area contributed by atoms with Gasteiger partial charge in [-0.05, 0) is 36.6 Å². The van der Waals surface area contributed by atoms with Gasteiger partial charge in [-0.25, -0.2) is 0 Å². The van der Waals surface area contributed by atoms with Crippen molar-refractivity contribution in [2.24, 2.45) is 0 Å². The number of aryl methyl sites for hydroxylation is 1. The van der Waals surface area contributed by atoms with Crippen LogP contribution in [0.15, 0.2) is 60.9 Å². The van der Waals surface area contributed by atoms with Crippen molar-refractivity contribution < 1.29 is 0 Å². The molecule has 112 valence electrons. The van der Waals surface area contributed by atoms with Crippen molar-refractivity contribution in [2.45, 2.75) is 13.5 Å². The number of hydrogen-bond donors (Lipinski definition) is 0. The maximum absolute atomic E-state index is 4.71. The molecule has 0 aliphatic carbocycles. The van der Waals surface area contributed by atoms with Crippen LogP contribution in [0.25, 0.3) is 33.5 Å². The van der Waals surface area contributed by atoms with Gasteiger partial charge in [-0.2, -0.15) is 10.2 Å². The Hall–Kier alpha value is -3.08. The third-order valence-electron chi connectivity index (χ3n) is 3.83. The summed E-state index contributed by atoms with van der Waals surface area (Å²) in [6, 6.07) is 16.1. The molecule has 0 unspecified atom stereocenters. The molecule has 0 radical (unpaired) electrons. The monoisotopic (exact) mass is 301 g/mol. The van der Waals surface area contributed by atoms with Crippen molar-refractivity contribution in [2.75, 3.05) is 0 Å². The van der Waals surface area contributed by atoms with Crippen LogP contribution < -0.4 is 0 Å². The van der Waals surface area contributed by atoms with E-state index in [0.29, 0.717) is 0 Å². The maximum Gasteiger partial charge on any atom is 0.112 e. The van der Waals surface area contributed by atoms with Gasteiger partial charge in [-0.15, -0.1) is 5.10 Å². The van der Waals surface area contributed by atoms with Gasteiger partial charge in [0.05, 0.1) is 11.4 Å². The minimum Gasteiger partial charge on any atom is -0.263 e. The number of nitrogens with zero attached hydrogens (tertiary/aromatic N) is 5. The van der Waals surface area contributed by atoms with Gasteiger partial charge in [0.1, 0.15) is 11.4 Å². The van der Waals surface area contributed by atoms with Crippen LogP contribution in [-0.4, -0.2) is 25.0 Å². The topological polar surface area (TPSA) is 56.5 Å². The van der Waals surface area contributed by atoms with Gasteiger partial charge >= 0.3 is 0 Å². The van der Waals surface area contributed by atoms with E-state index >= 15 is 0 Å². The zero-order valence-electron chi connectivity index (χ0n) is 12.7. The zero-order valence-corrected chi connectivity index (χ0v) is 12.7. The first-order valence-electron chi connectivity index (χ1n) is 7.57. The van der Waals surface area contributed by atoms with Crippen molar-refractivity contribution in [1.82, 2.24) is 25.0 Å². The fourth-order valence-electron chi connectivity index (χ4n) is 2.74. The van der Waals surface area contributed by atoms with Crippen LogP contribution in [0, 0.1) is 0 Å². The molecule has 0 N–H and O–H groups in total. The summed E-state index contributed by atoms with van der Waals surface area (Å²) in [5.74, 6) is 0. The molecule has 4 aromatic rings. The molecule has 5 nitrogen and oxygen atoms in total. The third kappa shape index (κ3) is 2.36. The molecule has 0 atom stereocenters. The first-order chi connectivity index (χ1) is 11.4. The van der Waals surface area contributed by atoms with Crippen molar-refractivity contribution in [1.29, 1.82) is 0 Å². The summed E-state index contributed by atoms with van der Waals surface area (Å²) in [6.07, 6.45) is 3.49. The van der Waals surface area contributed by atoms with Crippen molar-refractivity contribution in [3.05, 3.63) is 60.9 Å². The van der Waals surface area contributed by atoms with Gasteiger partial charge in [0, 0.05) is 24.3 Å². The van der Waals surface area contributed by atoms with E-state index in [4.69, 9.17) is 5.10 Å². The summed E-state index contributed by atoms with van der Waals surface area (Å²) >= 11 is 0. The Kier molecular flexibility index (Phi) is 3.31. The van der Waals surface area contributed by atoms with Crippen LogP contribution in [-0.2, 0) is 6.54 Å². The van der Waals surface area contributed by atoms with Crippen LogP contribution in [0.5, 0.6) is 0 Å². The second-order valence-corrected chi connectivity index (χ2v) is 5.22. The standard InChI is InChI=1S/C18H15N5/c1-2-23-17(15-8-5-10-20-21-15)12-16(22-23)18-14-7-4-3-6-13(14)9-11-19-18/h3-12H,2H2,1H3. The predicted octanol–water partition coefficient (Wildman–Crippen LogP) is 3.58. The average Bonchev–Trinajstić information content (AvgIpc) is 3.06. The molecule has 0 saturated heterocycles. The van der Waals surface area contributed by atoms with Crippen LogP contribution in [0.3, 0.4) is 0 Å². The highest BCUT2D eigenvalue weighted by Gasteiger charge is 2.14. The van der Waals surface area contributed by atoms with Gasteiger partial charge in [0.25, 0.3) is 0 Å². The molecule has 3 aromatic heterocycles. The van der Waals surface area contributed by atoms with E-state index in [-0.39, 0.29) is 0 Å². The van der Waals surface area contributed by atoms with E-state index in [2.05, 4.69) is 34.2 Å². The highest BCUT2D eigenvalue weighted by Crippen LogP contribution is 2.28. The molecule has 0 fully saturated rings. The lowest BCUT2D eigenvalue weighted by Crippen LogP contribution is -2.00. The van der Waals surface area contributed by atoms with Crippen molar-refractivity contribution in [3.8, 4) is 22.8 Å². The van der Waals surface area contributed by atoms with Crippen LogP contribution in [0.2, 0.25) is 0 Å². The van der Waals surface area contributed by atoms with E-state index in [1.54, 1.807) is 6.20 Å². The number of rotatable bonds is 3. The molecule has 5 heteroatoms. The van der Waals surface area contributed by atoms with Gasteiger partial charge in [0.2, 0.25) is 0 Å². The Morgan fingerprint density at radius 2 is 1.87 bits per heavy atom. The second-order valence-electron chi connectivity index (χ2n) is 5.22. The smallest absolute Gasteiger partial charge is 0.112 e. The fourth-order valence-corrected chi connectivity index (χ4v) is 2.74. The van der Waals surface area contributed by atoms with Crippen LogP contribution >= 0.6 is 0 Å². The predicted molar refractivity (Wildman–Crippen MR) is 89.7 cm³/mol. The zero-order chi connectivity index (χ0) is 15.6. The first-order valence-corrected chi connectivity index (χ1v) is 7.57. The summed E-state index contributed by atoms with van der Waals surface area (Å²) in [5.41, 5.74) is 3.50. The van der Waals surface area contributed by atoms with Gasteiger partial charge < -0.3 is 0 Å².